The normalized spacial score (nSPS) is 17.6. The Morgan fingerprint density at radius 3 is 2.70 bits per heavy atom. The highest BCUT2D eigenvalue weighted by Gasteiger charge is 2.37. The number of nitrogens with one attached hydrogen (secondary N) is 1. The predicted octanol–water partition coefficient (Wildman–Crippen LogP) is 4.34. The molecule has 1 saturated carbocycles. The van der Waals surface area contributed by atoms with Crippen molar-refractivity contribution in [1.29, 1.82) is 0 Å². The second-order valence-corrected chi connectivity index (χ2v) is 7.87. The van der Waals surface area contributed by atoms with Crippen LogP contribution in [0.3, 0.4) is 0 Å². The Bertz CT molecular complexity index is 950. The van der Waals surface area contributed by atoms with Crippen LogP contribution in [-0.2, 0) is 24.2 Å². The van der Waals surface area contributed by atoms with Crippen molar-refractivity contribution in [2.24, 2.45) is 0 Å². The Labute approximate surface area is 178 Å². The van der Waals surface area contributed by atoms with E-state index in [-0.39, 0.29) is 5.97 Å². The van der Waals surface area contributed by atoms with Gasteiger partial charge in [-0.3, -0.25) is 4.68 Å². The summed E-state index contributed by atoms with van der Waals surface area (Å²) in [6.07, 6.45) is 7.27. The summed E-state index contributed by atoms with van der Waals surface area (Å²) in [6, 6.07) is 19.0. The molecular formula is C25H29N3O2. The van der Waals surface area contributed by atoms with Crippen LogP contribution in [0.25, 0.3) is 0 Å². The Morgan fingerprint density at radius 2 is 1.93 bits per heavy atom. The number of hydrogen-bond acceptors (Lipinski definition) is 4. The smallest absolute Gasteiger partial charge is 0.338 e. The maximum atomic E-state index is 11.7. The average molecular weight is 404 g/mol. The molecule has 0 spiro atoms. The first-order chi connectivity index (χ1) is 14.7. The largest absolute Gasteiger partial charge is 0.462 e. The van der Waals surface area contributed by atoms with Gasteiger partial charge in [-0.05, 0) is 49.4 Å². The molecule has 2 aromatic carbocycles. The molecule has 0 radical (unpaired) electrons. The van der Waals surface area contributed by atoms with Crippen LogP contribution in [0, 0.1) is 0 Å². The van der Waals surface area contributed by atoms with E-state index in [4.69, 9.17) is 4.74 Å². The Kier molecular flexibility index (Phi) is 6.60. The number of carbonyl (C=O) groups is 1. The van der Waals surface area contributed by atoms with Crippen LogP contribution in [0.2, 0.25) is 0 Å². The summed E-state index contributed by atoms with van der Waals surface area (Å²) >= 11 is 0. The van der Waals surface area contributed by atoms with Gasteiger partial charge in [-0.25, -0.2) is 4.79 Å². The lowest BCUT2D eigenvalue weighted by molar-refractivity contribution is 0.0526. The van der Waals surface area contributed by atoms with Crippen LogP contribution in [0.5, 0.6) is 0 Å². The van der Waals surface area contributed by atoms with E-state index in [0.717, 1.165) is 25.9 Å². The third kappa shape index (κ3) is 5.36. The molecule has 156 valence electrons. The van der Waals surface area contributed by atoms with E-state index in [1.165, 1.54) is 23.1 Å². The van der Waals surface area contributed by atoms with E-state index in [1.807, 2.05) is 42.1 Å². The molecule has 1 aromatic heterocycles. The minimum absolute atomic E-state index is 0.261. The number of carbonyl (C=O) groups excluding carboxylic acids is 1. The SMILES string of the molecule is CCOC(=O)c1ccc(CCCn2cc(CNC3CC3c3ccccc3)cn2)cc1. The highest BCUT2D eigenvalue weighted by Crippen LogP contribution is 2.40. The molecule has 0 saturated heterocycles. The number of ether oxygens (including phenoxy) is 1. The third-order valence-corrected chi connectivity index (χ3v) is 5.59. The lowest BCUT2D eigenvalue weighted by Gasteiger charge is -2.05. The van der Waals surface area contributed by atoms with Crippen LogP contribution >= 0.6 is 0 Å². The van der Waals surface area contributed by atoms with Crippen molar-refractivity contribution in [2.45, 2.75) is 51.2 Å². The zero-order chi connectivity index (χ0) is 20.8. The zero-order valence-corrected chi connectivity index (χ0v) is 17.5. The fourth-order valence-electron chi connectivity index (χ4n) is 3.83. The molecule has 0 bridgehead atoms. The molecule has 1 fully saturated rings. The molecule has 0 amide bonds. The molecule has 2 unspecified atom stereocenters. The van der Waals surface area contributed by atoms with Crippen LogP contribution in [0.1, 0.15) is 52.7 Å². The first kappa shape index (κ1) is 20.4. The second kappa shape index (κ2) is 9.72. The molecule has 1 N–H and O–H groups in total. The van der Waals surface area contributed by atoms with Crippen molar-refractivity contribution in [2.75, 3.05) is 6.61 Å². The van der Waals surface area contributed by atoms with Gasteiger partial charge in [0.2, 0.25) is 0 Å². The summed E-state index contributed by atoms with van der Waals surface area (Å²) in [6.45, 7) is 3.96. The summed E-state index contributed by atoms with van der Waals surface area (Å²) in [5.74, 6) is 0.388. The fourth-order valence-corrected chi connectivity index (χ4v) is 3.83. The third-order valence-electron chi connectivity index (χ3n) is 5.59. The van der Waals surface area contributed by atoms with Gasteiger partial charge >= 0.3 is 5.97 Å². The van der Waals surface area contributed by atoms with Gasteiger partial charge in [0, 0.05) is 36.8 Å². The van der Waals surface area contributed by atoms with Gasteiger partial charge in [0.05, 0.1) is 18.4 Å². The number of esters is 1. The first-order valence-electron chi connectivity index (χ1n) is 10.8. The van der Waals surface area contributed by atoms with E-state index in [0.29, 0.717) is 24.1 Å². The molecule has 4 rings (SSSR count). The Morgan fingerprint density at radius 1 is 1.13 bits per heavy atom. The van der Waals surface area contributed by atoms with Gasteiger partial charge < -0.3 is 10.1 Å². The maximum Gasteiger partial charge on any atom is 0.338 e. The van der Waals surface area contributed by atoms with Crippen molar-refractivity contribution in [1.82, 2.24) is 15.1 Å². The highest BCUT2D eigenvalue weighted by molar-refractivity contribution is 5.89. The summed E-state index contributed by atoms with van der Waals surface area (Å²) in [4.78, 5) is 11.7. The van der Waals surface area contributed by atoms with E-state index in [9.17, 15) is 4.79 Å². The van der Waals surface area contributed by atoms with Crippen molar-refractivity contribution < 1.29 is 9.53 Å². The Hall–Kier alpha value is -2.92. The number of nitrogens with zero attached hydrogens (tertiary/aromatic N) is 2. The molecule has 3 aromatic rings. The van der Waals surface area contributed by atoms with Crippen molar-refractivity contribution >= 4 is 5.97 Å². The number of hydrogen-bond donors (Lipinski definition) is 1. The molecule has 5 heteroatoms. The molecule has 1 aliphatic rings. The van der Waals surface area contributed by atoms with Gasteiger partial charge in [-0.1, -0.05) is 42.5 Å². The van der Waals surface area contributed by atoms with Crippen molar-refractivity contribution in [3.8, 4) is 0 Å². The molecular weight excluding hydrogens is 374 g/mol. The van der Waals surface area contributed by atoms with Crippen LogP contribution in [0.4, 0.5) is 0 Å². The van der Waals surface area contributed by atoms with Crippen LogP contribution < -0.4 is 5.32 Å². The lowest BCUT2D eigenvalue weighted by atomic mass is 10.1. The van der Waals surface area contributed by atoms with Gasteiger partial charge in [0.1, 0.15) is 0 Å². The number of rotatable bonds is 10. The maximum absolute atomic E-state index is 11.7. The number of aryl methyl sites for hydroxylation is 2. The number of aromatic nitrogens is 2. The Balaban J connectivity index is 1.18. The predicted molar refractivity (Wildman–Crippen MR) is 117 cm³/mol. The first-order valence-corrected chi connectivity index (χ1v) is 10.8. The summed E-state index contributed by atoms with van der Waals surface area (Å²) in [5.41, 5.74) is 4.49. The summed E-state index contributed by atoms with van der Waals surface area (Å²) in [5, 5.41) is 8.15. The minimum Gasteiger partial charge on any atom is -0.462 e. The van der Waals surface area contributed by atoms with E-state index in [1.54, 1.807) is 0 Å². The molecule has 5 nitrogen and oxygen atoms in total. The lowest BCUT2D eigenvalue weighted by Crippen LogP contribution is -2.16. The topological polar surface area (TPSA) is 56.1 Å². The van der Waals surface area contributed by atoms with Crippen LogP contribution in [-0.4, -0.2) is 28.4 Å². The average Bonchev–Trinajstić information content (AvgIpc) is 3.43. The summed E-state index contributed by atoms with van der Waals surface area (Å²) in [7, 11) is 0. The molecule has 0 aliphatic heterocycles. The monoisotopic (exact) mass is 403 g/mol. The van der Waals surface area contributed by atoms with Gasteiger partial charge in [-0.15, -0.1) is 0 Å². The summed E-state index contributed by atoms with van der Waals surface area (Å²) < 4.78 is 7.04. The van der Waals surface area contributed by atoms with E-state index in [2.05, 4.69) is 46.9 Å². The van der Waals surface area contributed by atoms with Crippen molar-refractivity contribution in [3.63, 3.8) is 0 Å². The quantitative estimate of drug-likeness (QED) is 0.512. The second-order valence-electron chi connectivity index (χ2n) is 7.87. The van der Waals surface area contributed by atoms with Gasteiger partial charge in [-0.2, -0.15) is 5.10 Å². The van der Waals surface area contributed by atoms with Crippen molar-refractivity contribution in [3.05, 3.63) is 89.2 Å². The molecule has 1 aliphatic carbocycles. The zero-order valence-electron chi connectivity index (χ0n) is 17.5. The number of benzene rings is 2. The van der Waals surface area contributed by atoms with Crippen LogP contribution in [0.15, 0.2) is 67.0 Å². The fraction of sp³-hybridized carbons (Fsp3) is 0.360. The van der Waals surface area contributed by atoms with Gasteiger partial charge in [0.15, 0.2) is 0 Å². The van der Waals surface area contributed by atoms with E-state index >= 15 is 0 Å². The van der Waals surface area contributed by atoms with Gasteiger partial charge in [0.25, 0.3) is 0 Å². The minimum atomic E-state index is -0.261. The molecule has 2 atom stereocenters. The van der Waals surface area contributed by atoms with E-state index < -0.39 is 0 Å². The molecule has 30 heavy (non-hydrogen) atoms. The highest BCUT2D eigenvalue weighted by atomic mass is 16.5. The standard InChI is InChI=1S/C25H29N3O2/c1-2-30-25(29)22-12-10-19(11-13-22)7-6-14-28-18-20(17-27-28)16-26-24-15-23(24)21-8-4-3-5-9-21/h3-5,8-13,17-18,23-24,26H,2,6-7,14-16H2,1H3. The molecule has 1 heterocycles.